The van der Waals surface area contributed by atoms with E-state index in [0.717, 1.165) is 17.1 Å². The second kappa shape index (κ2) is 8.74. The molecule has 1 aromatic carbocycles. The summed E-state index contributed by atoms with van der Waals surface area (Å²) in [6, 6.07) is 7.46. The van der Waals surface area contributed by atoms with Crippen LogP contribution in [0.5, 0.6) is 5.75 Å². The molecule has 1 saturated heterocycles. The summed E-state index contributed by atoms with van der Waals surface area (Å²) in [4.78, 5) is 14.1. The first-order chi connectivity index (χ1) is 13.7. The van der Waals surface area contributed by atoms with Gasteiger partial charge in [-0.2, -0.15) is 0 Å². The normalized spacial score (nSPS) is 18.2. The van der Waals surface area contributed by atoms with E-state index < -0.39 is 9.84 Å². The molecule has 1 aliphatic rings. The third kappa shape index (κ3) is 4.92. The van der Waals surface area contributed by atoms with E-state index in [0.29, 0.717) is 11.6 Å². The van der Waals surface area contributed by atoms with Crippen molar-refractivity contribution in [3.63, 3.8) is 0 Å². The Morgan fingerprint density at radius 1 is 1.31 bits per heavy atom. The number of aromatic nitrogens is 3. The predicted molar refractivity (Wildman–Crippen MR) is 113 cm³/mol. The molecular formula is C19H26N4O4S2. The number of thioether (sulfide) groups is 1. The smallest absolute Gasteiger partial charge is 0.233 e. The fourth-order valence-electron chi connectivity index (χ4n) is 3.29. The summed E-state index contributed by atoms with van der Waals surface area (Å²) < 4.78 is 30.5. The van der Waals surface area contributed by atoms with Crippen LogP contribution in [0, 0.1) is 0 Å². The van der Waals surface area contributed by atoms with Crippen molar-refractivity contribution >= 4 is 27.5 Å². The van der Waals surface area contributed by atoms with Crippen LogP contribution < -0.4 is 4.74 Å². The molecule has 0 aliphatic carbocycles. The molecule has 0 bridgehead atoms. The van der Waals surface area contributed by atoms with Crippen LogP contribution in [0.2, 0.25) is 0 Å². The zero-order valence-electron chi connectivity index (χ0n) is 17.0. The monoisotopic (exact) mass is 438 g/mol. The van der Waals surface area contributed by atoms with Crippen LogP contribution in [0.4, 0.5) is 0 Å². The van der Waals surface area contributed by atoms with Gasteiger partial charge >= 0.3 is 0 Å². The lowest BCUT2D eigenvalue weighted by atomic mass is 10.2. The lowest BCUT2D eigenvalue weighted by Crippen LogP contribution is -2.38. The van der Waals surface area contributed by atoms with Gasteiger partial charge in [0.2, 0.25) is 5.91 Å². The highest BCUT2D eigenvalue weighted by molar-refractivity contribution is 7.99. The fourth-order valence-corrected chi connectivity index (χ4v) is 6.06. The van der Waals surface area contributed by atoms with Crippen LogP contribution >= 0.6 is 11.8 Å². The number of rotatable bonds is 7. The van der Waals surface area contributed by atoms with Crippen LogP contribution in [-0.4, -0.2) is 71.4 Å². The number of carbonyl (C=O) groups is 1. The lowest BCUT2D eigenvalue weighted by Gasteiger charge is -2.23. The van der Waals surface area contributed by atoms with Crippen molar-refractivity contribution < 1.29 is 17.9 Å². The number of hydrogen-bond acceptors (Lipinski definition) is 7. The molecule has 0 spiro atoms. The van der Waals surface area contributed by atoms with Gasteiger partial charge in [0.1, 0.15) is 5.75 Å². The lowest BCUT2D eigenvalue weighted by molar-refractivity contribution is -0.128. The number of amides is 1. The van der Waals surface area contributed by atoms with Crippen molar-refractivity contribution in [1.29, 1.82) is 0 Å². The van der Waals surface area contributed by atoms with E-state index in [9.17, 15) is 13.2 Å². The quantitative estimate of drug-likeness (QED) is 0.612. The molecule has 2 heterocycles. The summed E-state index contributed by atoms with van der Waals surface area (Å²) in [7, 11) is 0.264. The number of sulfone groups is 1. The van der Waals surface area contributed by atoms with Gasteiger partial charge in [-0.1, -0.05) is 11.8 Å². The zero-order valence-corrected chi connectivity index (χ0v) is 18.7. The molecule has 0 radical (unpaired) electrons. The number of benzene rings is 1. The van der Waals surface area contributed by atoms with Gasteiger partial charge in [0.15, 0.2) is 20.8 Å². The molecule has 0 N–H and O–H groups in total. The minimum absolute atomic E-state index is 0.0453. The Hall–Kier alpha value is -2.07. The number of nitrogens with zero attached hydrogens (tertiary/aromatic N) is 4. The Morgan fingerprint density at radius 3 is 2.55 bits per heavy atom. The SMILES string of the molecule is COc1ccc(-c2nnc(SCC(=O)N(C)[C@H]3CCS(=O)(=O)C3)n2C(C)C)cc1. The first-order valence-electron chi connectivity index (χ1n) is 9.40. The Bertz CT molecular complexity index is 971. The summed E-state index contributed by atoms with van der Waals surface area (Å²) in [6.07, 6.45) is 0.499. The molecule has 3 rings (SSSR count). The zero-order chi connectivity index (χ0) is 21.2. The predicted octanol–water partition coefficient (Wildman–Crippen LogP) is 2.27. The summed E-state index contributed by atoms with van der Waals surface area (Å²) in [5, 5.41) is 9.27. The van der Waals surface area contributed by atoms with Gasteiger partial charge in [-0.25, -0.2) is 8.42 Å². The van der Waals surface area contributed by atoms with Crippen LogP contribution in [0.3, 0.4) is 0 Å². The van der Waals surface area contributed by atoms with Crippen molar-refractivity contribution in [2.45, 2.75) is 37.5 Å². The fraction of sp³-hybridized carbons (Fsp3) is 0.526. The summed E-state index contributed by atoms with van der Waals surface area (Å²) >= 11 is 1.32. The number of ether oxygens (including phenoxy) is 1. The van der Waals surface area contributed by atoms with E-state index in [1.807, 2.05) is 42.7 Å². The Kier molecular flexibility index (Phi) is 6.52. The third-order valence-electron chi connectivity index (χ3n) is 5.00. The van der Waals surface area contributed by atoms with Crippen molar-refractivity contribution in [3.8, 4) is 17.1 Å². The number of hydrogen-bond donors (Lipinski definition) is 0. The molecular weight excluding hydrogens is 412 g/mol. The molecule has 0 saturated carbocycles. The number of methoxy groups -OCH3 is 1. The van der Waals surface area contributed by atoms with E-state index in [4.69, 9.17) is 4.74 Å². The van der Waals surface area contributed by atoms with Crippen molar-refractivity contribution in [1.82, 2.24) is 19.7 Å². The summed E-state index contributed by atoms with van der Waals surface area (Å²) in [6.45, 7) is 4.08. The minimum atomic E-state index is -3.03. The average molecular weight is 439 g/mol. The highest BCUT2D eigenvalue weighted by atomic mass is 32.2. The minimum Gasteiger partial charge on any atom is -0.497 e. The molecule has 158 valence electrons. The van der Waals surface area contributed by atoms with Crippen molar-refractivity contribution in [2.24, 2.45) is 0 Å². The highest BCUT2D eigenvalue weighted by Gasteiger charge is 2.32. The van der Waals surface area contributed by atoms with E-state index in [2.05, 4.69) is 10.2 Å². The summed E-state index contributed by atoms with van der Waals surface area (Å²) in [5.74, 6) is 1.76. The first kappa shape index (κ1) is 21.6. The molecule has 1 fully saturated rings. The second-order valence-corrected chi connectivity index (χ2v) is 10.5. The topological polar surface area (TPSA) is 94.4 Å². The molecule has 1 atom stereocenters. The molecule has 1 amide bonds. The second-order valence-electron chi connectivity index (χ2n) is 7.35. The molecule has 1 aromatic heterocycles. The Morgan fingerprint density at radius 2 is 2.00 bits per heavy atom. The van der Waals surface area contributed by atoms with Crippen LogP contribution in [0.15, 0.2) is 29.4 Å². The standard InChI is InChI=1S/C19H26N4O4S2/c1-13(2)23-18(14-5-7-16(27-4)8-6-14)20-21-19(23)28-11-17(24)22(3)15-9-10-29(25,26)12-15/h5-8,13,15H,9-12H2,1-4H3/t15-/m0/s1. The molecule has 1 aliphatic heterocycles. The maximum absolute atomic E-state index is 12.6. The molecule has 0 unspecified atom stereocenters. The van der Waals surface area contributed by atoms with Crippen molar-refractivity contribution in [3.05, 3.63) is 24.3 Å². The molecule has 8 nitrogen and oxygen atoms in total. The van der Waals surface area contributed by atoms with Gasteiger partial charge in [-0.15, -0.1) is 10.2 Å². The van der Waals surface area contributed by atoms with Gasteiger partial charge in [0.05, 0.1) is 24.4 Å². The maximum Gasteiger partial charge on any atom is 0.233 e. The van der Waals surface area contributed by atoms with Crippen LogP contribution in [-0.2, 0) is 14.6 Å². The van der Waals surface area contributed by atoms with E-state index in [1.54, 1.807) is 19.1 Å². The van der Waals surface area contributed by atoms with Gasteiger partial charge in [-0.05, 0) is 44.5 Å². The Labute approximate surface area is 175 Å². The molecule has 2 aromatic rings. The van der Waals surface area contributed by atoms with Crippen LogP contribution in [0.1, 0.15) is 26.3 Å². The van der Waals surface area contributed by atoms with Gasteiger partial charge in [0.25, 0.3) is 0 Å². The van der Waals surface area contributed by atoms with Gasteiger partial charge in [-0.3, -0.25) is 9.36 Å². The van der Waals surface area contributed by atoms with E-state index >= 15 is 0 Å². The first-order valence-corrected chi connectivity index (χ1v) is 12.2. The third-order valence-corrected chi connectivity index (χ3v) is 7.68. The van der Waals surface area contributed by atoms with Gasteiger partial charge in [0, 0.05) is 24.7 Å². The molecule has 29 heavy (non-hydrogen) atoms. The van der Waals surface area contributed by atoms with Crippen molar-refractivity contribution in [2.75, 3.05) is 31.4 Å². The average Bonchev–Trinajstić information content (AvgIpc) is 3.28. The Balaban J connectivity index is 1.72. The molecule has 10 heteroatoms. The van der Waals surface area contributed by atoms with Crippen LogP contribution in [0.25, 0.3) is 11.4 Å². The summed E-state index contributed by atoms with van der Waals surface area (Å²) in [5.41, 5.74) is 0.915. The van der Waals surface area contributed by atoms with Gasteiger partial charge < -0.3 is 9.64 Å². The largest absolute Gasteiger partial charge is 0.497 e. The van der Waals surface area contributed by atoms with E-state index in [-0.39, 0.29) is 35.2 Å². The maximum atomic E-state index is 12.6. The van der Waals surface area contributed by atoms with E-state index in [1.165, 1.54) is 11.8 Å². The number of carbonyl (C=O) groups excluding carboxylic acids is 1. The highest BCUT2D eigenvalue weighted by Crippen LogP contribution is 2.29.